The highest BCUT2D eigenvalue weighted by Crippen LogP contribution is 2.06. The summed E-state index contributed by atoms with van der Waals surface area (Å²) in [6.45, 7) is 3.87. The van der Waals surface area contributed by atoms with Crippen LogP contribution in [0.4, 0.5) is 0 Å². The van der Waals surface area contributed by atoms with E-state index in [1.165, 1.54) is 0 Å². The minimum atomic E-state index is 0.0202. The fourth-order valence-corrected chi connectivity index (χ4v) is 1.27. The van der Waals surface area contributed by atoms with Gasteiger partial charge in [0.2, 0.25) is 0 Å². The molecule has 1 aromatic rings. The summed E-state index contributed by atoms with van der Waals surface area (Å²) in [4.78, 5) is 13.3. The maximum Gasteiger partial charge on any atom is 0.257 e. The van der Waals surface area contributed by atoms with Gasteiger partial charge in [0, 0.05) is 18.8 Å². The molecule has 74 valence electrons. The van der Waals surface area contributed by atoms with Gasteiger partial charge >= 0.3 is 0 Å². The number of carbonyl (C=O) groups is 1. The fraction of sp³-hybridized carbons (Fsp3) is 0.250. The molecule has 0 radical (unpaired) electrons. The molecule has 2 nitrogen and oxygen atoms in total. The molecule has 0 fully saturated rings. The lowest BCUT2D eigenvalue weighted by molar-refractivity contribution is 0.0850. The Morgan fingerprint density at radius 1 is 1.43 bits per heavy atom. The van der Waals surface area contributed by atoms with Gasteiger partial charge < -0.3 is 4.90 Å². The molecule has 0 heterocycles. The first kappa shape index (κ1) is 10.5. The number of hydrogen-bond acceptors (Lipinski definition) is 1. The molecule has 2 heteroatoms. The normalized spacial score (nSPS) is 10.5. The Balaban J connectivity index is 2.89. The third kappa shape index (κ3) is 2.46. The summed E-state index contributed by atoms with van der Waals surface area (Å²) in [7, 11) is 1.75. The van der Waals surface area contributed by atoms with E-state index in [9.17, 15) is 4.79 Å². The first-order chi connectivity index (χ1) is 6.65. The SMILES string of the molecule is C/C=C\N(C)C(=O)c1cccc(C)c1. The van der Waals surface area contributed by atoms with Gasteiger partial charge in [-0.2, -0.15) is 0 Å². The Labute approximate surface area is 84.9 Å². The molecule has 0 aliphatic rings. The summed E-state index contributed by atoms with van der Waals surface area (Å²) in [5.74, 6) is 0.0202. The van der Waals surface area contributed by atoms with E-state index in [0.717, 1.165) is 11.1 Å². The minimum Gasteiger partial charge on any atom is -0.318 e. The average Bonchev–Trinajstić information content (AvgIpc) is 2.17. The van der Waals surface area contributed by atoms with Crippen LogP contribution in [0, 0.1) is 6.92 Å². The fourth-order valence-electron chi connectivity index (χ4n) is 1.27. The molecular weight excluding hydrogens is 174 g/mol. The number of carbonyl (C=O) groups excluding carboxylic acids is 1. The number of aryl methyl sites for hydroxylation is 1. The van der Waals surface area contributed by atoms with Crippen LogP contribution in [0.3, 0.4) is 0 Å². The smallest absolute Gasteiger partial charge is 0.257 e. The van der Waals surface area contributed by atoms with E-state index in [2.05, 4.69) is 0 Å². The first-order valence-electron chi connectivity index (χ1n) is 4.62. The minimum absolute atomic E-state index is 0.0202. The van der Waals surface area contributed by atoms with Crippen LogP contribution in [0.2, 0.25) is 0 Å². The molecular formula is C12H15NO. The number of rotatable bonds is 2. The molecule has 0 unspecified atom stereocenters. The summed E-state index contributed by atoms with van der Waals surface area (Å²) >= 11 is 0. The molecule has 1 rings (SSSR count). The summed E-state index contributed by atoms with van der Waals surface area (Å²) in [6.07, 6.45) is 3.60. The van der Waals surface area contributed by atoms with Crippen molar-refractivity contribution in [3.05, 3.63) is 47.7 Å². The quantitative estimate of drug-likeness (QED) is 0.700. The Hall–Kier alpha value is -1.57. The second kappa shape index (κ2) is 4.61. The standard InChI is InChI=1S/C12H15NO/c1-4-8-13(3)12(14)11-7-5-6-10(2)9-11/h4-9H,1-3H3/b8-4-. The first-order valence-corrected chi connectivity index (χ1v) is 4.62. The molecule has 0 spiro atoms. The topological polar surface area (TPSA) is 20.3 Å². The van der Waals surface area contributed by atoms with Crippen LogP contribution in [-0.4, -0.2) is 17.9 Å². The van der Waals surface area contributed by atoms with Gasteiger partial charge in [0.1, 0.15) is 0 Å². The molecule has 0 atom stereocenters. The van der Waals surface area contributed by atoms with Crippen LogP contribution < -0.4 is 0 Å². The number of benzene rings is 1. The average molecular weight is 189 g/mol. The molecule has 1 aromatic carbocycles. The van der Waals surface area contributed by atoms with Crippen LogP contribution in [-0.2, 0) is 0 Å². The van der Waals surface area contributed by atoms with E-state index in [0.29, 0.717) is 0 Å². The van der Waals surface area contributed by atoms with E-state index in [1.807, 2.05) is 44.2 Å². The molecule has 0 aliphatic heterocycles. The van der Waals surface area contributed by atoms with Gasteiger partial charge in [0.05, 0.1) is 0 Å². The van der Waals surface area contributed by atoms with Gasteiger partial charge in [-0.25, -0.2) is 0 Å². The van der Waals surface area contributed by atoms with Crippen molar-refractivity contribution in [3.8, 4) is 0 Å². The van der Waals surface area contributed by atoms with E-state index in [1.54, 1.807) is 18.1 Å². The third-order valence-corrected chi connectivity index (χ3v) is 1.96. The van der Waals surface area contributed by atoms with Crippen LogP contribution in [0.15, 0.2) is 36.5 Å². The Bertz CT molecular complexity index is 355. The molecule has 0 bridgehead atoms. The van der Waals surface area contributed by atoms with Gasteiger partial charge in [-0.15, -0.1) is 0 Å². The van der Waals surface area contributed by atoms with Crippen molar-refractivity contribution in [3.63, 3.8) is 0 Å². The van der Waals surface area contributed by atoms with Gasteiger partial charge in [-0.05, 0) is 26.0 Å². The monoisotopic (exact) mass is 189 g/mol. The summed E-state index contributed by atoms with van der Waals surface area (Å²) < 4.78 is 0. The number of hydrogen-bond donors (Lipinski definition) is 0. The third-order valence-electron chi connectivity index (χ3n) is 1.96. The molecule has 0 aliphatic carbocycles. The summed E-state index contributed by atoms with van der Waals surface area (Å²) in [5, 5.41) is 0. The van der Waals surface area contributed by atoms with E-state index in [4.69, 9.17) is 0 Å². The Morgan fingerprint density at radius 2 is 2.14 bits per heavy atom. The molecule has 0 aromatic heterocycles. The Kier molecular flexibility index (Phi) is 3.46. The van der Waals surface area contributed by atoms with Gasteiger partial charge in [0.15, 0.2) is 0 Å². The highest BCUT2D eigenvalue weighted by Gasteiger charge is 2.08. The predicted octanol–water partition coefficient (Wildman–Crippen LogP) is 2.60. The summed E-state index contributed by atoms with van der Waals surface area (Å²) in [5.41, 5.74) is 1.83. The Morgan fingerprint density at radius 3 is 2.71 bits per heavy atom. The predicted molar refractivity (Wildman–Crippen MR) is 58.1 cm³/mol. The highest BCUT2D eigenvalue weighted by molar-refractivity contribution is 5.94. The second-order valence-corrected chi connectivity index (χ2v) is 3.27. The zero-order chi connectivity index (χ0) is 10.6. The molecule has 14 heavy (non-hydrogen) atoms. The number of allylic oxidation sites excluding steroid dienone is 1. The zero-order valence-corrected chi connectivity index (χ0v) is 8.82. The van der Waals surface area contributed by atoms with Gasteiger partial charge in [-0.3, -0.25) is 4.79 Å². The molecule has 0 saturated carbocycles. The summed E-state index contributed by atoms with van der Waals surface area (Å²) in [6, 6.07) is 7.59. The van der Waals surface area contributed by atoms with Gasteiger partial charge in [0.25, 0.3) is 5.91 Å². The number of amides is 1. The second-order valence-electron chi connectivity index (χ2n) is 3.27. The van der Waals surface area contributed by atoms with Gasteiger partial charge in [-0.1, -0.05) is 23.8 Å². The lowest BCUT2D eigenvalue weighted by Gasteiger charge is -2.11. The molecule has 0 saturated heterocycles. The lowest BCUT2D eigenvalue weighted by Crippen LogP contribution is -2.20. The van der Waals surface area contributed by atoms with Crippen LogP contribution in [0.1, 0.15) is 22.8 Å². The van der Waals surface area contributed by atoms with E-state index in [-0.39, 0.29) is 5.91 Å². The largest absolute Gasteiger partial charge is 0.318 e. The maximum absolute atomic E-state index is 11.8. The van der Waals surface area contributed by atoms with Crippen LogP contribution >= 0.6 is 0 Å². The molecule has 1 amide bonds. The number of nitrogens with zero attached hydrogens (tertiary/aromatic N) is 1. The zero-order valence-electron chi connectivity index (χ0n) is 8.82. The van der Waals surface area contributed by atoms with Crippen molar-refractivity contribution in [1.82, 2.24) is 4.90 Å². The van der Waals surface area contributed by atoms with Crippen molar-refractivity contribution in [2.45, 2.75) is 13.8 Å². The maximum atomic E-state index is 11.8. The van der Waals surface area contributed by atoms with Crippen molar-refractivity contribution in [2.24, 2.45) is 0 Å². The highest BCUT2D eigenvalue weighted by atomic mass is 16.2. The van der Waals surface area contributed by atoms with Crippen molar-refractivity contribution in [2.75, 3.05) is 7.05 Å². The van der Waals surface area contributed by atoms with Crippen molar-refractivity contribution in [1.29, 1.82) is 0 Å². The lowest BCUT2D eigenvalue weighted by atomic mass is 10.1. The van der Waals surface area contributed by atoms with Crippen molar-refractivity contribution < 1.29 is 4.79 Å². The van der Waals surface area contributed by atoms with E-state index < -0.39 is 0 Å². The van der Waals surface area contributed by atoms with Crippen LogP contribution in [0.5, 0.6) is 0 Å². The van der Waals surface area contributed by atoms with E-state index >= 15 is 0 Å². The molecule has 0 N–H and O–H groups in total. The van der Waals surface area contributed by atoms with Crippen molar-refractivity contribution >= 4 is 5.91 Å². The van der Waals surface area contributed by atoms with Crippen LogP contribution in [0.25, 0.3) is 0 Å².